The quantitative estimate of drug-likeness (QED) is 0.650. The molecule has 0 spiro atoms. The fourth-order valence-corrected chi connectivity index (χ4v) is 1.91. The van der Waals surface area contributed by atoms with Crippen molar-refractivity contribution in [3.63, 3.8) is 0 Å². The number of aromatic nitrogens is 2. The van der Waals surface area contributed by atoms with Crippen LogP contribution in [0.5, 0.6) is 0 Å². The summed E-state index contributed by atoms with van der Waals surface area (Å²) in [6, 6.07) is 3.67. The smallest absolute Gasteiger partial charge is 0.307 e. The van der Waals surface area contributed by atoms with Crippen molar-refractivity contribution in [3.05, 3.63) is 35.2 Å². The minimum absolute atomic E-state index is 0.184. The van der Waals surface area contributed by atoms with Crippen molar-refractivity contribution in [1.29, 1.82) is 0 Å². The first-order valence-electron chi connectivity index (χ1n) is 6.18. The third-order valence-corrected chi connectivity index (χ3v) is 2.81. The number of carbonyl (C=O) groups excluding carboxylic acids is 1. The largest absolute Gasteiger partial charge is 0.466 e. The van der Waals surface area contributed by atoms with Gasteiger partial charge in [-0.05, 0) is 19.1 Å². The molecule has 0 saturated carbocycles. The standard InChI is InChI=1S/C13H16ClN3O2/c1-2-19-13(18)5-6-15-7-11-9-17-8-10(14)3-4-12(17)16-11/h3-4,8-9,15H,2,5-7H2,1H3. The Morgan fingerprint density at radius 1 is 1.47 bits per heavy atom. The molecule has 2 aromatic heterocycles. The number of halogens is 1. The number of nitrogens with one attached hydrogen (secondary N) is 1. The average molecular weight is 282 g/mol. The number of rotatable bonds is 6. The van der Waals surface area contributed by atoms with E-state index in [-0.39, 0.29) is 5.97 Å². The van der Waals surface area contributed by atoms with Gasteiger partial charge >= 0.3 is 5.97 Å². The maximum absolute atomic E-state index is 11.1. The number of carbonyl (C=O) groups is 1. The summed E-state index contributed by atoms with van der Waals surface area (Å²) in [5.41, 5.74) is 1.76. The third-order valence-electron chi connectivity index (χ3n) is 2.58. The lowest BCUT2D eigenvalue weighted by Gasteiger charge is -2.02. The molecule has 2 rings (SSSR count). The Labute approximate surface area is 116 Å². The van der Waals surface area contributed by atoms with E-state index in [1.54, 1.807) is 6.92 Å². The van der Waals surface area contributed by atoms with Crippen LogP contribution in [0, 0.1) is 0 Å². The van der Waals surface area contributed by atoms with Gasteiger partial charge in [0.15, 0.2) is 0 Å². The van der Waals surface area contributed by atoms with E-state index in [9.17, 15) is 4.79 Å². The van der Waals surface area contributed by atoms with Gasteiger partial charge in [0.05, 0.1) is 23.7 Å². The summed E-state index contributed by atoms with van der Waals surface area (Å²) >= 11 is 5.90. The van der Waals surface area contributed by atoms with Crippen molar-refractivity contribution in [3.8, 4) is 0 Å². The number of pyridine rings is 1. The third kappa shape index (κ3) is 3.94. The topological polar surface area (TPSA) is 55.6 Å². The molecule has 5 nitrogen and oxygen atoms in total. The van der Waals surface area contributed by atoms with Crippen LogP contribution in [-0.2, 0) is 16.1 Å². The predicted octanol–water partition coefficient (Wildman–Crippen LogP) is 2.03. The molecule has 0 aliphatic carbocycles. The monoisotopic (exact) mass is 281 g/mol. The molecule has 0 bridgehead atoms. The minimum atomic E-state index is -0.184. The number of fused-ring (bicyclic) bond motifs is 1. The van der Waals surface area contributed by atoms with Gasteiger partial charge in [0.1, 0.15) is 5.65 Å². The minimum Gasteiger partial charge on any atom is -0.466 e. The van der Waals surface area contributed by atoms with Crippen LogP contribution >= 0.6 is 11.6 Å². The predicted molar refractivity (Wildman–Crippen MR) is 73.2 cm³/mol. The summed E-state index contributed by atoms with van der Waals surface area (Å²) in [6.45, 7) is 3.41. The first-order valence-corrected chi connectivity index (χ1v) is 6.56. The summed E-state index contributed by atoms with van der Waals surface area (Å²) in [5.74, 6) is -0.184. The Kier molecular flexibility index (Phi) is 4.76. The van der Waals surface area contributed by atoms with E-state index in [0.29, 0.717) is 31.1 Å². The average Bonchev–Trinajstić information content (AvgIpc) is 2.77. The number of nitrogens with zero attached hydrogens (tertiary/aromatic N) is 2. The summed E-state index contributed by atoms with van der Waals surface area (Å²) in [5, 5.41) is 3.83. The van der Waals surface area contributed by atoms with Crippen LogP contribution in [0.25, 0.3) is 5.65 Å². The number of esters is 1. The molecule has 102 valence electrons. The summed E-state index contributed by atoms with van der Waals surface area (Å²) < 4.78 is 6.72. The summed E-state index contributed by atoms with van der Waals surface area (Å²) in [4.78, 5) is 15.6. The van der Waals surface area contributed by atoms with Gasteiger partial charge in [0.25, 0.3) is 0 Å². The van der Waals surface area contributed by atoms with Gasteiger partial charge in [-0.1, -0.05) is 11.6 Å². The Morgan fingerprint density at radius 3 is 3.11 bits per heavy atom. The molecule has 0 aliphatic rings. The zero-order valence-electron chi connectivity index (χ0n) is 10.7. The lowest BCUT2D eigenvalue weighted by molar-refractivity contribution is -0.142. The van der Waals surface area contributed by atoms with Crippen LogP contribution in [0.15, 0.2) is 24.5 Å². The van der Waals surface area contributed by atoms with Gasteiger partial charge < -0.3 is 14.5 Å². The van der Waals surface area contributed by atoms with E-state index in [0.717, 1.165) is 11.3 Å². The van der Waals surface area contributed by atoms with Crippen LogP contribution in [0.1, 0.15) is 19.0 Å². The maximum Gasteiger partial charge on any atom is 0.307 e. The molecule has 6 heteroatoms. The normalized spacial score (nSPS) is 10.8. The number of hydrogen-bond acceptors (Lipinski definition) is 4. The molecule has 0 amide bonds. The Bertz CT molecular complexity index is 568. The van der Waals surface area contributed by atoms with Gasteiger partial charge in [-0.25, -0.2) is 4.98 Å². The van der Waals surface area contributed by atoms with Crippen molar-refractivity contribution >= 4 is 23.2 Å². The van der Waals surface area contributed by atoms with E-state index in [2.05, 4.69) is 10.3 Å². The van der Waals surface area contributed by atoms with Gasteiger partial charge in [-0.2, -0.15) is 0 Å². The van der Waals surface area contributed by atoms with Crippen molar-refractivity contribution < 1.29 is 9.53 Å². The molecule has 2 aromatic rings. The number of imidazole rings is 1. The molecule has 0 atom stereocenters. The second-order valence-corrected chi connectivity index (χ2v) is 4.51. The highest BCUT2D eigenvalue weighted by atomic mass is 35.5. The molecule has 0 radical (unpaired) electrons. The van der Waals surface area contributed by atoms with Crippen LogP contribution in [-0.4, -0.2) is 28.5 Å². The fraction of sp³-hybridized carbons (Fsp3) is 0.385. The van der Waals surface area contributed by atoms with Crippen LogP contribution < -0.4 is 5.32 Å². The van der Waals surface area contributed by atoms with Gasteiger partial charge in [0.2, 0.25) is 0 Å². The van der Waals surface area contributed by atoms with E-state index in [1.165, 1.54) is 0 Å². The highest BCUT2D eigenvalue weighted by Gasteiger charge is 2.03. The van der Waals surface area contributed by atoms with E-state index >= 15 is 0 Å². The second-order valence-electron chi connectivity index (χ2n) is 4.08. The SMILES string of the molecule is CCOC(=O)CCNCc1cn2cc(Cl)ccc2n1. The first-order chi connectivity index (χ1) is 9.19. The van der Waals surface area contributed by atoms with E-state index < -0.39 is 0 Å². The fourth-order valence-electron chi connectivity index (χ4n) is 1.74. The second kappa shape index (κ2) is 6.54. The zero-order chi connectivity index (χ0) is 13.7. The van der Waals surface area contributed by atoms with Gasteiger partial charge in [-0.15, -0.1) is 0 Å². The zero-order valence-corrected chi connectivity index (χ0v) is 11.5. The van der Waals surface area contributed by atoms with Crippen LogP contribution in [0.3, 0.4) is 0 Å². The van der Waals surface area contributed by atoms with E-state index in [1.807, 2.05) is 28.9 Å². The molecule has 19 heavy (non-hydrogen) atoms. The molecular weight excluding hydrogens is 266 g/mol. The highest BCUT2D eigenvalue weighted by Crippen LogP contribution is 2.11. The van der Waals surface area contributed by atoms with Crippen LogP contribution in [0.2, 0.25) is 5.02 Å². The molecule has 0 fully saturated rings. The molecular formula is C13H16ClN3O2. The highest BCUT2D eigenvalue weighted by molar-refractivity contribution is 6.30. The Hall–Kier alpha value is -1.59. The summed E-state index contributed by atoms with van der Waals surface area (Å²) in [6.07, 6.45) is 4.09. The lowest BCUT2D eigenvalue weighted by atomic mass is 10.4. The van der Waals surface area contributed by atoms with Crippen molar-refractivity contribution in [2.24, 2.45) is 0 Å². The molecule has 0 aliphatic heterocycles. The lowest BCUT2D eigenvalue weighted by Crippen LogP contribution is -2.19. The van der Waals surface area contributed by atoms with Gasteiger partial charge in [-0.3, -0.25) is 4.79 Å². The molecule has 0 unspecified atom stereocenters. The molecule has 0 saturated heterocycles. The maximum atomic E-state index is 11.1. The number of ether oxygens (including phenoxy) is 1. The summed E-state index contributed by atoms with van der Waals surface area (Å²) in [7, 11) is 0. The van der Waals surface area contributed by atoms with Crippen LogP contribution in [0.4, 0.5) is 0 Å². The Morgan fingerprint density at radius 2 is 2.32 bits per heavy atom. The van der Waals surface area contributed by atoms with Crippen molar-refractivity contribution in [2.45, 2.75) is 19.9 Å². The Balaban J connectivity index is 1.83. The van der Waals surface area contributed by atoms with E-state index in [4.69, 9.17) is 16.3 Å². The van der Waals surface area contributed by atoms with Crippen molar-refractivity contribution in [1.82, 2.24) is 14.7 Å². The molecule has 2 heterocycles. The molecule has 0 aromatic carbocycles. The van der Waals surface area contributed by atoms with Gasteiger partial charge in [0, 0.05) is 25.5 Å². The number of hydrogen-bond donors (Lipinski definition) is 1. The van der Waals surface area contributed by atoms with Crippen molar-refractivity contribution in [2.75, 3.05) is 13.2 Å². The first kappa shape index (κ1) is 13.8. The molecule has 1 N–H and O–H groups in total.